The van der Waals surface area contributed by atoms with Crippen LogP contribution in [0.4, 0.5) is 0 Å². The van der Waals surface area contributed by atoms with Crippen molar-refractivity contribution in [3.8, 4) is 5.75 Å². The number of hydrogen-bond donors (Lipinski definition) is 1. The second kappa shape index (κ2) is 5.64. The highest BCUT2D eigenvalue weighted by Crippen LogP contribution is 2.20. The van der Waals surface area contributed by atoms with Gasteiger partial charge in [-0.25, -0.2) is 0 Å². The quantitative estimate of drug-likeness (QED) is 0.867. The van der Waals surface area contributed by atoms with Gasteiger partial charge in [0.05, 0.1) is 6.20 Å². The lowest BCUT2D eigenvalue weighted by Crippen LogP contribution is -2.08. The Hall–Kier alpha value is -1.88. The van der Waals surface area contributed by atoms with E-state index in [9.17, 15) is 0 Å². The van der Waals surface area contributed by atoms with Gasteiger partial charge in [-0.1, -0.05) is 22.9 Å². The van der Waals surface area contributed by atoms with Gasteiger partial charge < -0.3 is 10.1 Å². The molecule has 0 saturated carbocycles. The zero-order valence-corrected chi connectivity index (χ0v) is 11.0. The molecular weight excluding hydrogens is 228 g/mol. The fraction of sp³-hybridized carbons (Fsp3) is 0.385. The van der Waals surface area contributed by atoms with Crippen LogP contribution in [-0.4, -0.2) is 22.0 Å². The van der Waals surface area contributed by atoms with Gasteiger partial charge in [-0.05, 0) is 20.0 Å². The molecule has 0 aliphatic rings. The van der Waals surface area contributed by atoms with Gasteiger partial charge in [-0.15, -0.1) is 5.10 Å². The van der Waals surface area contributed by atoms with Crippen molar-refractivity contribution in [2.24, 2.45) is 7.05 Å². The number of ether oxygens (including phenoxy) is 1. The van der Waals surface area contributed by atoms with E-state index in [1.165, 1.54) is 5.56 Å². The first kappa shape index (κ1) is 12.6. The molecule has 0 fully saturated rings. The van der Waals surface area contributed by atoms with Gasteiger partial charge in [0.25, 0.3) is 0 Å². The number of aryl methyl sites for hydroxylation is 2. The van der Waals surface area contributed by atoms with E-state index in [0.717, 1.165) is 23.6 Å². The maximum absolute atomic E-state index is 5.79. The fourth-order valence-corrected chi connectivity index (χ4v) is 1.79. The second-order valence-electron chi connectivity index (χ2n) is 4.31. The summed E-state index contributed by atoms with van der Waals surface area (Å²) in [5.41, 5.74) is 3.21. The minimum atomic E-state index is 0.438. The lowest BCUT2D eigenvalue weighted by Gasteiger charge is -2.11. The summed E-state index contributed by atoms with van der Waals surface area (Å²) >= 11 is 0. The van der Waals surface area contributed by atoms with E-state index in [-0.39, 0.29) is 0 Å². The van der Waals surface area contributed by atoms with Crippen LogP contribution in [0.3, 0.4) is 0 Å². The Balaban J connectivity index is 2.08. The van der Waals surface area contributed by atoms with E-state index in [2.05, 4.69) is 28.6 Å². The lowest BCUT2D eigenvalue weighted by atomic mass is 10.1. The molecule has 1 aromatic heterocycles. The molecular formula is C13H18N4O. The summed E-state index contributed by atoms with van der Waals surface area (Å²) in [7, 11) is 3.77. The predicted octanol–water partition coefficient (Wildman–Crippen LogP) is 1.42. The van der Waals surface area contributed by atoms with Crippen molar-refractivity contribution in [1.29, 1.82) is 0 Å². The monoisotopic (exact) mass is 246 g/mol. The molecule has 1 N–H and O–H groups in total. The normalized spacial score (nSPS) is 10.6. The van der Waals surface area contributed by atoms with Crippen LogP contribution in [0.1, 0.15) is 16.8 Å². The summed E-state index contributed by atoms with van der Waals surface area (Å²) in [6, 6.07) is 6.17. The zero-order chi connectivity index (χ0) is 13.0. The molecule has 0 aliphatic heterocycles. The van der Waals surface area contributed by atoms with Crippen LogP contribution in [0.2, 0.25) is 0 Å². The Bertz CT molecular complexity index is 521. The SMILES string of the molecule is CNCc1cc(C)ccc1OCc1cn(C)nn1. The van der Waals surface area contributed by atoms with E-state index in [1.54, 1.807) is 4.68 Å². The van der Waals surface area contributed by atoms with E-state index in [0.29, 0.717) is 6.61 Å². The molecule has 0 unspecified atom stereocenters. The van der Waals surface area contributed by atoms with Crippen LogP contribution in [0.15, 0.2) is 24.4 Å². The van der Waals surface area contributed by atoms with Gasteiger partial charge in [0.1, 0.15) is 18.1 Å². The first-order chi connectivity index (χ1) is 8.69. The summed E-state index contributed by atoms with van der Waals surface area (Å²) in [6.07, 6.45) is 1.85. The highest BCUT2D eigenvalue weighted by Gasteiger charge is 2.05. The van der Waals surface area contributed by atoms with E-state index in [4.69, 9.17) is 4.74 Å². The van der Waals surface area contributed by atoms with Crippen molar-refractivity contribution in [3.05, 3.63) is 41.2 Å². The molecule has 0 radical (unpaired) electrons. The summed E-state index contributed by atoms with van der Waals surface area (Å²) in [5, 5.41) is 11.0. The predicted molar refractivity (Wildman–Crippen MR) is 69.3 cm³/mol. The number of rotatable bonds is 5. The van der Waals surface area contributed by atoms with Gasteiger partial charge in [-0.3, -0.25) is 4.68 Å². The highest BCUT2D eigenvalue weighted by molar-refractivity contribution is 5.36. The number of nitrogens with one attached hydrogen (secondary N) is 1. The smallest absolute Gasteiger partial charge is 0.134 e. The van der Waals surface area contributed by atoms with Gasteiger partial charge in [0, 0.05) is 19.2 Å². The Morgan fingerprint density at radius 1 is 1.39 bits per heavy atom. The number of benzene rings is 1. The minimum absolute atomic E-state index is 0.438. The molecule has 0 aliphatic carbocycles. The molecule has 0 bridgehead atoms. The van der Waals surface area contributed by atoms with E-state index >= 15 is 0 Å². The summed E-state index contributed by atoms with van der Waals surface area (Å²) in [6.45, 7) is 3.30. The maximum atomic E-state index is 5.79. The summed E-state index contributed by atoms with van der Waals surface area (Å²) < 4.78 is 7.46. The molecule has 2 rings (SSSR count). The number of aromatic nitrogens is 3. The third-order valence-corrected chi connectivity index (χ3v) is 2.61. The Labute approximate surface area is 107 Å². The maximum Gasteiger partial charge on any atom is 0.134 e. The molecule has 96 valence electrons. The molecule has 2 aromatic rings. The van der Waals surface area contributed by atoms with Crippen LogP contribution < -0.4 is 10.1 Å². The summed E-state index contributed by atoms with van der Waals surface area (Å²) in [4.78, 5) is 0. The Morgan fingerprint density at radius 3 is 2.89 bits per heavy atom. The van der Waals surface area contributed by atoms with Gasteiger partial charge >= 0.3 is 0 Å². The Morgan fingerprint density at radius 2 is 2.22 bits per heavy atom. The van der Waals surface area contributed by atoms with Crippen molar-refractivity contribution in [2.75, 3.05) is 7.05 Å². The zero-order valence-electron chi connectivity index (χ0n) is 11.0. The first-order valence-electron chi connectivity index (χ1n) is 5.91. The van der Waals surface area contributed by atoms with Crippen LogP contribution in [-0.2, 0) is 20.2 Å². The average molecular weight is 246 g/mol. The number of nitrogens with zero attached hydrogens (tertiary/aromatic N) is 3. The summed E-state index contributed by atoms with van der Waals surface area (Å²) in [5.74, 6) is 0.889. The van der Waals surface area contributed by atoms with Crippen LogP contribution >= 0.6 is 0 Å². The molecule has 1 aromatic carbocycles. The molecule has 0 atom stereocenters. The molecule has 0 saturated heterocycles. The van der Waals surface area contributed by atoms with Gasteiger partial charge in [-0.2, -0.15) is 0 Å². The average Bonchev–Trinajstić information content (AvgIpc) is 2.75. The molecule has 5 heteroatoms. The van der Waals surface area contributed by atoms with Crippen LogP contribution in [0, 0.1) is 6.92 Å². The first-order valence-corrected chi connectivity index (χ1v) is 5.91. The molecule has 18 heavy (non-hydrogen) atoms. The molecule has 0 spiro atoms. The standard InChI is InChI=1S/C13H18N4O/c1-10-4-5-13(11(6-10)7-14-2)18-9-12-8-17(3)16-15-12/h4-6,8,14H,7,9H2,1-3H3. The van der Waals surface area contributed by atoms with Gasteiger partial charge in [0.15, 0.2) is 0 Å². The minimum Gasteiger partial charge on any atom is -0.487 e. The molecule has 5 nitrogen and oxygen atoms in total. The topological polar surface area (TPSA) is 52.0 Å². The van der Waals surface area contributed by atoms with Crippen molar-refractivity contribution >= 4 is 0 Å². The highest BCUT2D eigenvalue weighted by atomic mass is 16.5. The molecule has 1 heterocycles. The van der Waals surface area contributed by atoms with E-state index in [1.807, 2.05) is 32.4 Å². The Kier molecular flexibility index (Phi) is 3.94. The third kappa shape index (κ3) is 3.07. The fourth-order valence-electron chi connectivity index (χ4n) is 1.79. The van der Waals surface area contributed by atoms with E-state index < -0.39 is 0 Å². The number of hydrogen-bond acceptors (Lipinski definition) is 4. The van der Waals surface area contributed by atoms with Crippen molar-refractivity contribution in [1.82, 2.24) is 20.3 Å². The van der Waals surface area contributed by atoms with Crippen molar-refractivity contribution < 1.29 is 4.74 Å². The van der Waals surface area contributed by atoms with Crippen molar-refractivity contribution in [2.45, 2.75) is 20.1 Å². The van der Waals surface area contributed by atoms with Crippen LogP contribution in [0.25, 0.3) is 0 Å². The largest absolute Gasteiger partial charge is 0.487 e. The molecule has 0 amide bonds. The second-order valence-corrected chi connectivity index (χ2v) is 4.31. The van der Waals surface area contributed by atoms with Gasteiger partial charge in [0.2, 0.25) is 0 Å². The van der Waals surface area contributed by atoms with Crippen molar-refractivity contribution in [3.63, 3.8) is 0 Å². The lowest BCUT2D eigenvalue weighted by molar-refractivity contribution is 0.297. The third-order valence-electron chi connectivity index (χ3n) is 2.61. The van der Waals surface area contributed by atoms with Crippen LogP contribution in [0.5, 0.6) is 5.75 Å².